The molecule has 0 spiro atoms. The molecule has 0 amide bonds. The number of carboxylic acid groups (broad SMARTS) is 1. The minimum atomic E-state index is -0.911. The Balaban J connectivity index is 1.65. The first-order valence-corrected chi connectivity index (χ1v) is 7.54. The van der Waals surface area contributed by atoms with E-state index >= 15 is 0 Å². The maximum atomic E-state index is 11.4. The summed E-state index contributed by atoms with van der Waals surface area (Å²) in [5.41, 5.74) is 2.43. The predicted molar refractivity (Wildman–Crippen MR) is 79.0 cm³/mol. The Morgan fingerprint density at radius 1 is 1.38 bits per heavy atom. The van der Waals surface area contributed by atoms with Crippen LogP contribution in [0.5, 0.6) is 0 Å². The third kappa shape index (κ3) is 3.33. The summed E-state index contributed by atoms with van der Waals surface area (Å²) in [4.78, 5) is 18.2. The van der Waals surface area contributed by atoms with E-state index in [0.717, 1.165) is 63.4 Å². The van der Waals surface area contributed by atoms with Gasteiger partial charge in [0.15, 0.2) is 0 Å². The van der Waals surface area contributed by atoms with Crippen LogP contribution in [-0.2, 0) is 17.6 Å². The molecule has 1 saturated heterocycles. The van der Waals surface area contributed by atoms with E-state index in [2.05, 4.69) is 15.2 Å². The fourth-order valence-corrected chi connectivity index (χ4v) is 2.93. The van der Waals surface area contributed by atoms with E-state index in [-0.39, 0.29) is 5.56 Å². The van der Waals surface area contributed by atoms with Crippen molar-refractivity contribution < 1.29 is 14.6 Å². The lowest BCUT2D eigenvalue weighted by Crippen LogP contribution is -2.39. The Kier molecular flexibility index (Phi) is 4.36. The summed E-state index contributed by atoms with van der Waals surface area (Å²) in [6, 6.07) is 1.79. The van der Waals surface area contributed by atoms with Crippen LogP contribution in [0.15, 0.2) is 6.07 Å². The van der Waals surface area contributed by atoms with Crippen molar-refractivity contribution in [1.82, 2.24) is 9.88 Å². The maximum Gasteiger partial charge on any atom is 0.339 e. The third-order valence-electron chi connectivity index (χ3n) is 4.11. The summed E-state index contributed by atoms with van der Waals surface area (Å²) in [7, 11) is 0. The smallest absolute Gasteiger partial charge is 0.339 e. The second-order valence-corrected chi connectivity index (χ2v) is 5.53. The van der Waals surface area contributed by atoms with E-state index in [9.17, 15) is 9.90 Å². The van der Waals surface area contributed by atoms with Crippen molar-refractivity contribution in [3.63, 3.8) is 0 Å². The number of fused-ring (bicyclic) bond motifs is 1. The average molecular weight is 291 g/mol. The molecule has 0 aromatic carbocycles. The highest BCUT2D eigenvalue weighted by molar-refractivity contribution is 5.93. The van der Waals surface area contributed by atoms with E-state index in [1.807, 2.05) is 0 Å². The summed E-state index contributed by atoms with van der Waals surface area (Å²) < 4.78 is 5.31. The van der Waals surface area contributed by atoms with Crippen molar-refractivity contribution in [2.45, 2.75) is 19.3 Å². The highest BCUT2D eigenvalue weighted by atomic mass is 16.5. The fraction of sp³-hybridized carbons (Fsp3) is 0.600. The molecule has 1 aromatic heterocycles. The van der Waals surface area contributed by atoms with Gasteiger partial charge in [0, 0.05) is 31.9 Å². The predicted octanol–water partition coefficient (Wildman–Crippen LogP) is 1.01. The van der Waals surface area contributed by atoms with Gasteiger partial charge in [-0.15, -0.1) is 0 Å². The Morgan fingerprint density at radius 3 is 2.95 bits per heavy atom. The molecule has 2 N–H and O–H groups in total. The van der Waals surface area contributed by atoms with E-state index in [1.54, 1.807) is 6.07 Å². The summed E-state index contributed by atoms with van der Waals surface area (Å²) >= 11 is 0. The normalized spacial score (nSPS) is 18.5. The van der Waals surface area contributed by atoms with E-state index in [1.165, 1.54) is 0 Å². The number of nitrogens with zero attached hydrogens (tertiary/aromatic N) is 2. The number of pyridine rings is 1. The van der Waals surface area contributed by atoms with Gasteiger partial charge < -0.3 is 15.2 Å². The Hall–Kier alpha value is -1.66. The van der Waals surface area contributed by atoms with Crippen molar-refractivity contribution in [2.24, 2.45) is 0 Å². The van der Waals surface area contributed by atoms with Gasteiger partial charge in [0.25, 0.3) is 0 Å². The zero-order valence-corrected chi connectivity index (χ0v) is 12.1. The number of carboxylic acids is 1. The van der Waals surface area contributed by atoms with Crippen molar-refractivity contribution in [3.05, 3.63) is 22.9 Å². The average Bonchev–Trinajstić information content (AvgIpc) is 2.94. The van der Waals surface area contributed by atoms with Crippen LogP contribution in [0.2, 0.25) is 0 Å². The lowest BCUT2D eigenvalue weighted by atomic mass is 10.1. The number of aromatic nitrogens is 1. The minimum Gasteiger partial charge on any atom is -0.478 e. The number of anilines is 1. The van der Waals surface area contributed by atoms with Gasteiger partial charge in [-0.2, -0.15) is 0 Å². The lowest BCUT2D eigenvalue weighted by molar-refractivity contribution is 0.0398. The van der Waals surface area contributed by atoms with Crippen LogP contribution < -0.4 is 5.32 Å². The molecule has 6 nitrogen and oxygen atoms in total. The van der Waals surface area contributed by atoms with Crippen LogP contribution >= 0.6 is 0 Å². The number of ether oxygens (including phenoxy) is 1. The first-order valence-electron chi connectivity index (χ1n) is 7.54. The Bertz CT molecular complexity index is 527. The van der Waals surface area contributed by atoms with Gasteiger partial charge >= 0.3 is 5.97 Å². The SMILES string of the molecule is O=C(O)c1cc2c(nc1NCCN1CCOCC1)CCC2. The number of nitrogens with one attached hydrogen (secondary N) is 1. The quantitative estimate of drug-likeness (QED) is 0.843. The first kappa shape index (κ1) is 14.3. The fourth-order valence-electron chi connectivity index (χ4n) is 2.93. The molecule has 2 aliphatic rings. The van der Waals surface area contributed by atoms with Crippen molar-refractivity contribution >= 4 is 11.8 Å². The number of hydrogen-bond donors (Lipinski definition) is 2. The molecule has 1 fully saturated rings. The van der Waals surface area contributed by atoms with Gasteiger partial charge in [0.2, 0.25) is 0 Å². The lowest BCUT2D eigenvalue weighted by Gasteiger charge is -2.26. The highest BCUT2D eigenvalue weighted by Gasteiger charge is 2.20. The molecular weight excluding hydrogens is 270 g/mol. The summed E-state index contributed by atoms with van der Waals surface area (Å²) in [6.07, 6.45) is 2.96. The third-order valence-corrected chi connectivity index (χ3v) is 4.11. The zero-order valence-electron chi connectivity index (χ0n) is 12.1. The molecule has 21 heavy (non-hydrogen) atoms. The van der Waals surface area contributed by atoms with Crippen molar-refractivity contribution in [1.29, 1.82) is 0 Å². The van der Waals surface area contributed by atoms with Crippen LogP contribution in [0, 0.1) is 0 Å². The molecule has 6 heteroatoms. The van der Waals surface area contributed by atoms with Gasteiger partial charge in [0.1, 0.15) is 11.4 Å². The molecule has 1 aliphatic heterocycles. The highest BCUT2D eigenvalue weighted by Crippen LogP contribution is 2.25. The van der Waals surface area contributed by atoms with Gasteiger partial charge in [-0.05, 0) is 30.9 Å². The molecule has 1 aromatic rings. The largest absolute Gasteiger partial charge is 0.478 e. The Morgan fingerprint density at radius 2 is 2.19 bits per heavy atom. The molecule has 3 rings (SSSR count). The van der Waals surface area contributed by atoms with Crippen LogP contribution in [0.1, 0.15) is 28.0 Å². The van der Waals surface area contributed by atoms with Crippen LogP contribution in [0.3, 0.4) is 0 Å². The van der Waals surface area contributed by atoms with Gasteiger partial charge in [-0.1, -0.05) is 0 Å². The second kappa shape index (κ2) is 6.41. The van der Waals surface area contributed by atoms with E-state index < -0.39 is 5.97 Å². The number of rotatable bonds is 5. The van der Waals surface area contributed by atoms with E-state index in [0.29, 0.717) is 12.4 Å². The molecule has 114 valence electrons. The second-order valence-electron chi connectivity index (χ2n) is 5.53. The Labute approximate surface area is 124 Å². The topological polar surface area (TPSA) is 74.7 Å². The molecule has 0 unspecified atom stereocenters. The molecule has 0 atom stereocenters. The van der Waals surface area contributed by atoms with Crippen molar-refractivity contribution in [3.8, 4) is 0 Å². The molecule has 0 bridgehead atoms. The molecule has 0 radical (unpaired) electrons. The summed E-state index contributed by atoms with van der Waals surface area (Å²) in [5.74, 6) is -0.400. The zero-order chi connectivity index (χ0) is 14.7. The molecular formula is C15H21N3O3. The molecule has 0 saturated carbocycles. The van der Waals surface area contributed by atoms with Gasteiger partial charge in [0.05, 0.1) is 13.2 Å². The van der Waals surface area contributed by atoms with Gasteiger partial charge in [-0.25, -0.2) is 9.78 Å². The van der Waals surface area contributed by atoms with Crippen molar-refractivity contribution in [2.75, 3.05) is 44.7 Å². The van der Waals surface area contributed by atoms with E-state index in [4.69, 9.17) is 4.74 Å². The number of morpholine rings is 1. The van der Waals surface area contributed by atoms with Crippen LogP contribution in [0.25, 0.3) is 0 Å². The monoisotopic (exact) mass is 291 g/mol. The molecule has 2 heterocycles. The summed E-state index contributed by atoms with van der Waals surface area (Å²) in [6.45, 7) is 5.00. The molecule has 1 aliphatic carbocycles. The number of aromatic carboxylic acids is 1. The number of aryl methyl sites for hydroxylation is 2. The number of carbonyl (C=O) groups is 1. The maximum absolute atomic E-state index is 11.4. The standard InChI is InChI=1S/C15H21N3O3/c19-15(20)12-10-11-2-1-3-13(11)17-14(12)16-4-5-18-6-8-21-9-7-18/h10H,1-9H2,(H,16,17)(H,19,20). The van der Waals surface area contributed by atoms with Gasteiger partial charge in [-0.3, -0.25) is 4.90 Å². The van der Waals surface area contributed by atoms with Crippen LogP contribution in [0.4, 0.5) is 5.82 Å². The summed E-state index contributed by atoms with van der Waals surface area (Å²) in [5, 5.41) is 12.5. The first-order chi connectivity index (χ1) is 10.2. The minimum absolute atomic E-state index is 0.289. The van der Waals surface area contributed by atoms with Crippen LogP contribution in [-0.4, -0.2) is 60.4 Å². The number of hydrogen-bond acceptors (Lipinski definition) is 5.